The fourth-order valence-electron chi connectivity index (χ4n) is 2.42. The maximum Gasteiger partial charge on any atom is 0.230 e. The zero-order chi connectivity index (χ0) is 18.9. The van der Waals surface area contributed by atoms with Crippen LogP contribution in [0.15, 0.2) is 42.5 Å². The Labute approximate surface area is 158 Å². The third-order valence-corrected chi connectivity index (χ3v) is 4.91. The quantitative estimate of drug-likeness (QED) is 0.705. The van der Waals surface area contributed by atoms with Crippen molar-refractivity contribution in [3.63, 3.8) is 0 Å². The van der Waals surface area contributed by atoms with Crippen LogP contribution in [0, 0.1) is 6.92 Å². The Hall–Kier alpha value is -2.18. The Balaban J connectivity index is 1.80. The van der Waals surface area contributed by atoms with Gasteiger partial charge in [-0.15, -0.1) is 11.8 Å². The molecule has 26 heavy (non-hydrogen) atoms. The van der Waals surface area contributed by atoms with E-state index in [-0.39, 0.29) is 12.5 Å². The number of benzene rings is 2. The molecule has 1 unspecified atom stereocenters. The predicted octanol–water partition coefficient (Wildman–Crippen LogP) is 3.10. The van der Waals surface area contributed by atoms with E-state index in [0.717, 1.165) is 5.75 Å². The number of hydrogen-bond acceptors (Lipinski definition) is 5. The van der Waals surface area contributed by atoms with Gasteiger partial charge in [-0.05, 0) is 30.7 Å². The highest BCUT2D eigenvalue weighted by Gasteiger charge is 2.15. The van der Waals surface area contributed by atoms with Crippen LogP contribution < -0.4 is 14.8 Å². The summed E-state index contributed by atoms with van der Waals surface area (Å²) in [6.07, 6.45) is -0.869. The first-order valence-electron chi connectivity index (χ1n) is 8.33. The minimum absolute atomic E-state index is 0.108. The van der Waals surface area contributed by atoms with Crippen LogP contribution in [0.5, 0.6) is 11.5 Å². The number of carbonyl (C=O) groups is 1. The van der Waals surface area contributed by atoms with Gasteiger partial charge in [0.15, 0.2) is 0 Å². The zero-order valence-electron chi connectivity index (χ0n) is 15.3. The lowest BCUT2D eigenvalue weighted by Crippen LogP contribution is -2.30. The van der Waals surface area contributed by atoms with E-state index in [0.29, 0.717) is 22.8 Å². The minimum Gasteiger partial charge on any atom is -0.497 e. The lowest BCUT2D eigenvalue weighted by atomic mass is 10.1. The van der Waals surface area contributed by atoms with Gasteiger partial charge in [0.05, 0.1) is 26.1 Å². The number of amides is 1. The van der Waals surface area contributed by atoms with Gasteiger partial charge in [-0.1, -0.05) is 29.8 Å². The molecule has 0 heterocycles. The van der Waals surface area contributed by atoms with Crippen molar-refractivity contribution in [2.75, 3.05) is 26.5 Å². The van der Waals surface area contributed by atoms with E-state index < -0.39 is 6.10 Å². The minimum atomic E-state index is -0.869. The third-order valence-electron chi connectivity index (χ3n) is 3.91. The molecule has 2 rings (SSSR count). The van der Waals surface area contributed by atoms with E-state index in [9.17, 15) is 9.90 Å². The van der Waals surface area contributed by atoms with Crippen LogP contribution in [-0.4, -0.2) is 37.5 Å². The van der Waals surface area contributed by atoms with E-state index in [4.69, 9.17) is 9.47 Å². The molecule has 0 saturated heterocycles. The van der Waals surface area contributed by atoms with Gasteiger partial charge in [0, 0.05) is 17.9 Å². The Morgan fingerprint density at radius 1 is 1.15 bits per heavy atom. The summed E-state index contributed by atoms with van der Waals surface area (Å²) < 4.78 is 10.4. The molecule has 0 radical (unpaired) electrons. The fourth-order valence-corrected chi connectivity index (χ4v) is 3.23. The molecule has 0 aliphatic rings. The van der Waals surface area contributed by atoms with Gasteiger partial charge < -0.3 is 19.9 Å². The molecule has 1 amide bonds. The lowest BCUT2D eigenvalue weighted by molar-refractivity contribution is -0.119. The van der Waals surface area contributed by atoms with Gasteiger partial charge in [-0.3, -0.25) is 4.79 Å². The first-order valence-corrected chi connectivity index (χ1v) is 9.49. The largest absolute Gasteiger partial charge is 0.497 e. The number of aliphatic hydroxyl groups is 1. The molecule has 0 aliphatic carbocycles. The van der Waals surface area contributed by atoms with E-state index in [2.05, 4.69) is 29.6 Å². The second kappa shape index (κ2) is 10.1. The molecule has 5 nitrogen and oxygen atoms in total. The van der Waals surface area contributed by atoms with Gasteiger partial charge in [-0.25, -0.2) is 0 Å². The van der Waals surface area contributed by atoms with E-state index in [1.165, 1.54) is 11.1 Å². The van der Waals surface area contributed by atoms with Crippen LogP contribution in [-0.2, 0) is 10.5 Å². The van der Waals surface area contributed by atoms with Crippen molar-refractivity contribution in [2.45, 2.75) is 18.8 Å². The monoisotopic (exact) mass is 375 g/mol. The normalized spacial score (nSPS) is 11.7. The molecule has 1 atom stereocenters. The molecule has 140 valence electrons. The number of hydrogen-bond donors (Lipinski definition) is 2. The summed E-state index contributed by atoms with van der Waals surface area (Å²) >= 11 is 1.54. The van der Waals surface area contributed by atoms with Crippen molar-refractivity contribution in [3.05, 3.63) is 59.2 Å². The number of rotatable bonds is 9. The fraction of sp³-hybridized carbons (Fsp3) is 0.350. The van der Waals surface area contributed by atoms with Gasteiger partial charge in [0.2, 0.25) is 5.91 Å². The summed E-state index contributed by atoms with van der Waals surface area (Å²) in [5, 5.41) is 13.1. The predicted molar refractivity (Wildman–Crippen MR) is 105 cm³/mol. The summed E-state index contributed by atoms with van der Waals surface area (Å²) in [5.74, 6) is 2.19. The van der Waals surface area contributed by atoms with Crippen molar-refractivity contribution in [2.24, 2.45) is 0 Å². The summed E-state index contributed by atoms with van der Waals surface area (Å²) in [7, 11) is 3.10. The second-order valence-electron chi connectivity index (χ2n) is 5.91. The summed E-state index contributed by atoms with van der Waals surface area (Å²) in [6, 6.07) is 13.5. The topological polar surface area (TPSA) is 67.8 Å². The maximum absolute atomic E-state index is 12.0. The number of nitrogens with one attached hydrogen (secondary N) is 1. The molecular formula is C20H25NO4S. The molecule has 0 bridgehead atoms. The molecule has 0 saturated carbocycles. The molecule has 0 spiro atoms. The van der Waals surface area contributed by atoms with Crippen LogP contribution in [0.25, 0.3) is 0 Å². The smallest absolute Gasteiger partial charge is 0.230 e. The number of ether oxygens (including phenoxy) is 2. The summed E-state index contributed by atoms with van der Waals surface area (Å²) in [5.41, 5.74) is 2.99. The third kappa shape index (κ3) is 5.97. The van der Waals surface area contributed by atoms with Crippen LogP contribution in [0.2, 0.25) is 0 Å². The Kier molecular flexibility index (Phi) is 7.81. The maximum atomic E-state index is 12.0. The number of methoxy groups -OCH3 is 2. The molecule has 2 N–H and O–H groups in total. The second-order valence-corrected chi connectivity index (χ2v) is 6.89. The average Bonchev–Trinajstić information content (AvgIpc) is 2.67. The van der Waals surface area contributed by atoms with Gasteiger partial charge in [0.25, 0.3) is 0 Å². The first kappa shape index (κ1) is 20.1. The number of aliphatic hydroxyl groups excluding tert-OH is 1. The highest BCUT2D eigenvalue weighted by Crippen LogP contribution is 2.29. The number of carbonyl (C=O) groups excluding carboxylic acids is 1. The molecule has 6 heteroatoms. The van der Waals surface area contributed by atoms with Crippen LogP contribution in [0.3, 0.4) is 0 Å². The molecular weight excluding hydrogens is 350 g/mol. The van der Waals surface area contributed by atoms with E-state index in [1.807, 2.05) is 6.92 Å². The van der Waals surface area contributed by atoms with Crippen molar-refractivity contribution in [1.29, 1.82) is 0 Å². The van der Waals surface area contributed by atoms with E-state index >= 15 is 0 Å². The molecule has 2 aromatic rings. The highest BCUT2D eigenvalue weighted by atomic mass is 32.2. The Morgan fingerprint density at radius 2 is 1.88 bits per heavy atom. The SMILES string of the molecule is COc1ccc(OC)c(C(O)CNC(=O)CSCc2ccc(C)cc2)c1. The Bertz CT molecular complexity index is 718. The lowest BCUT2D eigenvalue weighted by Gasteiger charge is -2.16. The standard InChI is InChI=1S/C20H25NO4S/c1-14-4-6-15(7-5-14)12-26-13-20(23)21-11-18(22)17-10-16(24-2)8-9-19(17)25-3/h4-10,18,22H,11-13H2,1-3H3,(H,21,23). The molecule has 2 aromatic carbocycles. The van der Waals surface area contributed by atoms with Crippen LogP contribution in [0.4, 0.5) is 0 Å². The van der Waals surface area contributed by atoms with Gasteiger partial charge in [0.1, 0.15) is 11.5 Å². The van der Waals surface area contributed by atoms with Crippen molar-refractivity contribution in [1.82, 2.24) is 5.32 Å². The Morgan fingerprint density at radius 3 is 2.54 bits per heavy atom. The van der Waals surface area contributed by atoms with Crippen molar-refractivity contribution < 1.29 is 19.4 Å². The highest BCUT2D eigenvalue weighted by molar-refractivity contribution is 7.99. The number of thioether (sulfide) groups is 1. The van der Waals surface area contributed by atoms with Gasteiger partial charge in [-0.2, -0.15) is 0 Å². The van der Waals surface area contributed by atoms with Crippen LogP contribution >= 0.6 is 11.8 Å². The van der Waals surface area contributed by atoms with Gasteiger partial charge >= 0.3 is 0 Å². The first-order chi connectivity index (χ1) is 12.5. The average molecular weight is 375 g/mol. The van der Waals surface area contributed by atoms with E-state index in [1.54, 1.807) is 44.2 Å². The molecule has 0 aliphatic heterocycles. The van der Waals surface area contributed by atoms with Crippen molar-refractivity contribution in [3.8, 4) is 11.5 Å². The summed E-state index contributed by atoms with van der Waals surface area (Å²) in [4.78, 5) is 12.0. The summed E-state index contributed by atoms with van der Waals surface area (Å²) in [6.45, 7) is 2.17. The van der Waals surface area contributed by atoms with Crippen molar-refractivity contribution >= 4 is 17.7 Å². The molecule has 0 fully saturated rings. The number of aryl methyl sites for hydroxylation is 1. The van der Waals surface area contributed by atoms with Crippen LogP contribution in [0.1, 0.15) is 22.8 Å². The molecule has 0 aromatic heterocycles. The zero-order valence-corrected chi connectivity index (χ0v) is 16.1.